The van der Waals surface area contributed by atoms with Crippen LogP contribution in [0.25, 0.3) is 10.9 Å². The molecular formula is C15H10ClN3OS. The van der Waals surface area contributed by atoms with Gasteiger partial charge in [-0.3, -0.25) is 4.98 Å². The lowest BCUT2D eigenvalue weighted by atomic mass is 10.2. The van der Waals surface area contributed by atoms with Gasteiger partial charge in [0.1, 0.15) is 16.3 Å². The Hall–Kier alpha value is -2.24. The summed E-state index contributed by atoms with van der Waals surface area (Å²) < 4.78 is 5.81. The first-order valence-electron chi connectivity index (χ1n) is 6.12. The van der Waals surface area contributed by atoms with Crippen molar-refractivity contribution in [3.05, 3.63) is 59.5 Å². The molecule has 0 amide bonds. The van der Waals surface area contributed by atoms with Crippen LogP contribution in [0.5, 0.6) is 11.5 Å². The van der Waals surface area contributed by atoms with Crippen LogP contribution in [-0.2, 0) is 0 Å². The first-order chi connectivity index (χ1) is 10.1. The molecule has 21 heavy (non-hydrogen) atoms. The maximum Gasteiger partial charge on any atom is 0.153 e. The Morgan fingerprint density at radius 2 is 2.00 bits per heavy atom. The van der Waals surface area contributed by atoms with Gasteiger partial charge in [0.25, 0.3) is 0 Å². The van der Waals surface area contributed by atoms with Crippen LogP contribution >= 0.6 is 23.8 Å². The fraction of sp³-hybridized carbons (Fsp3) is 0. The molecule has 2 N–H and O–H groups in total. The van der Waals surface area contributed by atoms with Crippen LogP contribution in [0, 0.1) is 0 Å². The van der Waals surface area contributed by atoms with Crippen LogP contribution in [0.15, 0.2) is 48.8 Å². The van der Waals surface area contributed by atoms with Crippen molar-refractivity contribution < 1.29 is 4.74 Å². The second-order valence-corrected chi connectivity index (χ2v) is 5.14. The molecule has 4 nitrogen and oxygen atoms in total. The van der Waals surface area contributed by atoms with E-state index in [1.165, 1.54) is 0 Å². The maximum atomic E-state index is 6.15. The number of hydrogen-bond donors (Lipinski definition) is 1. The topological polar surface area (TPSA) is 61.0 Å². The van der Waals surface area contributed by atoms with Crippen molar-refractivity contribution in [1.82, 2.24) is 9.97 Å². The summed E-state index contributed by atoms with van der Waals surface area (Å²) in [5.74, 6) is 1.18. The largest absolute Gasteiger partial charge is 0.453 e. The van der Waals surface area contributed by atoms with E-state index in [9.17, 15) is 0 Å². The number of thiocarbonyl (C=S) groups is 1. The predicted octanol–water partition coefficient (Wildman–Crippen LogP) is 3.71. The molecule has 1 aromatic carbocycles. The average Bonchev–Trinajstić information content (AvgIpc) is 2.51. The molecule has 0 radical (unpaired) electrons. The molecule has 0 atom stereocenters. The zero-order valence-corrected chi connectivity index (χ0v) is 12.4. The molecule has 104 valence electrons. The fourth-order valence-corrected chi connectivity index (χ4v) is 2.24. The number of aromatic nitrogens is 2. The van der Waals surface area contributed by atoms with Crippen molar-refractivity contribution in [2.24, 2.45) is 5.73 Å². The molecule has 0 aliphatic heterocycles. The maximum absolute atomic E-state index is 6.15. The van der Waals surface area contributed by atoms with E-state index in [1.807, 2.05) is 12.1 Å². The highest BCUT2D eigenvalue weighted by Gasteiger charge is 2.08. The zero-order valence-electron chi connectivity index (χ0n) is 10.8. The van der Waals surface area contributed by atoms with Gasteiger partial charge in [0.15, 0.2) is 5.75 Å². The van der Waals surface area contributed by atoms with Crippen LogP contribution in [0.2, 0.25) is 5.02 Å². The van der Waals surface area contributed by atoms with Crippen molar-refractivity contribution in [2.75, 3.05) is 0 Å². The van der Waals surface area contributed by atoms with Crippen LogP contribution < -0.4 is 10.5 Å². The highest BCUT2D eigenvalue weighted by Crippen LogP contribution is 2.32. The summed E-state index contributed by atoms with van der Waals surface area (Å²) in [6.45, 7) is 0. The molecule has 0 aliphatic rings. The Bertz CT molecular complexity index is 821. The van der Waals surface area contributed by atoms with Crippen molar-refractivity contribution in [3.63, 3.8) is 0 Å². The molecule has 0 fully saturated rings. The van der Waals surface area contributed by atoms with Crippen LogP contribution in [0.1, 0.15) is 5.69 Å². The summed E-state index contributed by atoms with van der Waals surface area (Å²) in [7, 11) is 0. The lowest BCUT2D eigenvalue weighted by molar-refractivity contribution is 0.484. The SMILES string of the molecule is NC(=S)c1ccc(Oc2ccc(Cl)c3cccnc23)cn1. The molecule has 2 aromatic heterocycles. The molecule has 0 unspecified atom stereocenters. The Morgan fingerprint density at radius 1 is 1.14 bits per heavy atom. The third kappa shape index (κ3) is 2.79. The highest BCUT2D eigenvalue weighted by molar-refractivity contribution is 7.80. The van der Waals surface area contributed by atoms with E-state index in [4.69, 9.17) is 34.3 Å². The average molecular weight is 316 g/mol. The van der Waals surface area contributed by atoms with Gasteiger partial charge in [-0.05, 0) is 36.4 Å². The quantitative estimate of drug-likeness (QED) is 0.747. The van der Waals surface area contributed by atoms with E-state index in [0.717, 1.165) is 5.39 Å². The van der Waals surface area contributed by atoms with Gasteiger partial charge in [0.05, 0.1) is 16.9 Å². The second-order valence-electron chi connectivity index (χ2n) is 4.29. The number of fused-ring (bicyclic) bond motifs is 1. The minimum atomic E-state index is 0.250. The van der Waals surface area contributed by atoms with E-state index in [-0.39, 0.29) is 4.99 Å². The molecule has 0 saturated heterocycles. The summed E-state index contributed by atoms with van der Waals surface area (Å²) >= 11 is 11.0. The standard InChI is InChI=1S/C15H10ClN3OS/c16-11-4-6-13(14-10(11)2-1-7-18-14)20-9-3-5-12(15(17)21)19-8-9/h1-8H,(H2,17,21). The summed E-state index contributed by atoms with van der Waals surface area (Å²) in [6, 6.07) is 10.7. The van der Waals surface area contributed by atoms with Crippen LogP contribution in [-0.4, -0.2) is 15.0 Å². The molecule has 0 bridgehead atoms. The first-order valence-corrected chi connectivity index (χ1v) is 6.91. The lowest BCUT2D eigenvalue weighted by Crippen LogP contribution is -2.10. The minimum Gasteiger partial charge on any atom is -0.453 e. The van der Waals surface area contributed by atoms with Gasteiger partial charge < -0.3 is 10.5 Å². The van der Waals surface area contributed by atoms with E-state index < -0.39 is 0 Å². The molecule has 6 heteroatoms. The van der Waals surface area contributed by atoms with Gasteiger partial charge in [0, 0.05) is 11.6 Å². The fourth-order valence-electron chi connectivity index (χ4n) is 1.91. The molecule has 2 heterocycles. The Kier molecular flexibility index (Phi) is 3.68. The van der Waals surface area contributed by atoms with Crippen LogP contribution in [0.3, 0.4) is 0 Å². The number of ether oxygens (including phenoxy) is 1. The Balaban J connectivity index is 1.98. The normalized spacial score (nSPS) is 10.5. The van der Waals surface area contributed by atoms with Gasteiger partial charge in [-0.15, -0.1) is 0 Å². The number of halogens is 1. The van der Waals surface area contributed by atoms with E-state index in [1.54, 1.807) is 36.7 Å². The van der Waals surface area contributed by atoms with Crippen molar-refractivity contribution >= 4 is 39.7 Å². The smallest absolute Gasteiger partial charge is 0.153 e. The Morgan fingerprint density at radius 3 is 2.71 bits per heavy atom. The van der Waals surface area contributed by atoms with Gasteiger partial charge in [-0.1, -0.05) is 23.8 Å². The summed E-state index contributed by atoms with van der Waals surface area (Å²) in [4.78, 5) is 8.70. The van der Waals surface area contributed by atoms with Crippen molar-refractivity contribution in [1.29, 1.82) is 0 Å². The summed E-state index contributed by atoms with van der Waals surface area (Å²) in [5, 5.41) is 1.47. The molecular weight excluding hydrogens is 306 g/mol. The number of benzene rings is 1. The Labute approximate surface area is 131 Å². The molecule has 0 spiro atoms. The monoisotopic (exact) mass is 315 g/mol. The van der Waals surface area contributed by atoms with E-state index in [2.05, 4.69) is 9.97 Å². The van der Waals surface area contributed by atoms with E-state index >= 15 is 0 Å². The van der Waals surface area contributed by atoms with Gasteiger partial charge >= 0.3 is 0 Å². The number of nitrogens with two attached hydrogens (primary N) is 1. The van der Waals surface area contributed by atoms with Gasteiger partial charge in [-0.2, -0.15) is 0 Å². The van der Waals surface area contributed by atoms with E-state index in [0.29, 0.717) is 27.7 Å². The molecule has 3 rings (SSSR count). The van der Waals surface area contributed by atoms with Crippen molar-refractivity contribution in [2.45, 2.75) is 0 Å². The summed E-state index contributed by atoms with van der Waals surface area (Å²) in [6.07, 6.45) is 3.26. The third-order valence-electron chi connectivity index (χ3n) is 2.90. The first kappa shape index (κ1) is 13.7. The predicted molar refractivity (Wildman–Crippen MR) is 87.0 cm³/mol. The molecule has 3 aromatic rings. The molecule has 0 aliphatic carbocycles. The van der Waals surface area contributed by atoms with Gasteiger partial charge in [0.2, 0.25) is 0 Å². The van der Waals surface area contributed by atoms with Gasteiger partial charge in [-0.25, -0.2) is 4.98 Å². The third-order valence-corrected chi connectivity index (χ3v) is 3.43. The minimum absolute atomic E-state index is 0.250. The lowest BCUT2D eigenvalue weighted by Gasteiger charge is -2.09. The number of nitrogens with zero attached hydrogens (tertiary/aromatic N) is 2. The second kappa shape index (κ2) is 5.63. The molecule has 0 saturated carbocycles. The number of hydrogen-bond acceptors (Lipinski definition) is 4. The zero-order chi connectivity index (χ0) is 14.8. The van der Waals surface area contributed by atoms with Crippen LogP contribution in [0.4, 0.5) is 0 Å². The number of rotatable bonds is 3. The number of pyridine rings is 2. The summed E-state index contributed by atoms with van der Waals surface area (Å²) in [5.41, 5.74) is 6.76. The highest BCUT2D eigenvalue weighted by atomic mass is 35.5. The van der Waals surface area contributed by atoms with Crippen molar-refractivity contribution in [3.8, 4) is 11.5 Å².